The number of rotatable bonds is 16. The fourth-order valence-corrected chi connectivity index (χ4v) is 7.89. The van der Waals surface area contributed by atoms with Crippen molar-refractivity contribution in [3.63, 3.8) is 0 Å². The molecule has 4 amide bonds. The van der Waals surface area contributed by atoms with Crippen LogP contribution in [0.3, 0.4) is 0 Å². The molecular weight excluding hydrogens is 967 g/mol. The van der Waals surface area contributed by atoms with Crippen molar-refractivity contribution in [1.82, 2.24) is 10.6 Å². The second-order valence-corrected chi connectivity index (χ2v) is 17.1. The number of ketones is 1. The van der Waals surface area contributed by atoms with Crippen LogP contribution < -0.4 is 26.0 Å². The van der Waals surface area contributed by atoms with Gasteiger partial charge >= 0.3 is 18.2 Å². The molecule has 0 saturated carbocycles. The summed E-state index contributed by atoms with van der Waals surface area (Å²) in [6.07, 6.45) is -2.12. The molecule has 2 aliphatic rings. The molecule has 0 radical (unpaired) electrons. The summed E-state index contributed by atoms with van der Waals surface area (Å²) in [5.74, 6) is -6.75. The van der Waals surface area contributed by atoms with Gasteiger partial charge in [-0.05, 0) is 55.8 Å². The number of amides is 4. The van der Waals surface area contributed by atoms with Crippen molar-refractivity contribution in [3.8, 4) is 11.5 Å². The maximum atomic E-state index is 16.2. The van der Waals surface area contributed by atoms with E-state index >= 15 is 8.78 Å². The molecule has 71 heavy (non-hydrogen) atoms. The first-order chi connectivity index (χ1) is 33.6. The molecule has 2 aliphatic heterocycles. The highest BCUT2D eigenvalue weighted by molar-refractivity contribution is 7.85. The Morgan fingerprint density at radius 2 is 1.18 bits per heavy atom. The number of anilines is 2. The normalized spacial score (nSPS) is 14.1. The summed E-state index contributed by atoms with van der Waals surface area (Å²) in [4.78, 5) is 99.2. The number of carbonyl (C=O) groups is 6. The first-order valence-corrected chi connectivity index (χ1v) is 22.4. The van der Waals surface area contributed by atoms with Gasteiger partial charge < -0.3 is 29.6 Å². The van der Waals surface area contributed by atoms with Gasteiger partial charge in [-0.25, -0.2) is 23.2 Å². The summed E-state index contributed by atoms with van der Waals surface area (Å²) in [6.45, 7) is 1.24. The number of carbonyl (C=O) groups excluding carboxylic acids is 6. The Balaban J connectivity index is 1.18. The number of benzene rings is 5. The van der Waals surface area contributed by atoms with Gasteiger partial charge in [-0.15, -0.1) is 0 Å². The number of hydrogen-bond donors (Lipinski definition) is 5. The zero-order valence-electron chi connectivity index (χ0n) is 36.8. The lowest BCUT2D eigenvalue weighted by molar-refractivity contribution is -0.386. The first-order valence-electron chi connectivity index (χ1n) is 20.8. The number of nitro benzene ring substituents is 2. The van der Waals surface area contributed by atoms with E-state index in [2.05, 4.69) is 21.3 Å². The van der Waals surface area contributed by atoms with Crippen LogP contribution in [0.4, 0.5) is 41.1 Å². The number of nitro groups is 2. The minimum Gasteiger partial charge on any atom is -0.456 e. The molecule has 0 saturated heterocycles. The summed E-state index contributed by atoms with van der Waals surface area (Å²) in [7, 11) is -4.43. The van der Waals surface area contributed by atoms with Gasteiger partial charge in [-0.3, -0.25) is 49.8 Å². The Morgan fingerprint density at radius 1 is 0.704 bits per heavy atom. The molecule has 2 heterocycles. The highest BCUT2D eigenvalue weighted by Crippen LogP contribution is 2.57. The van der Waals surface area contributed by atoms with Gasteiger partial charge in [-0.2, -0.15) is 8.42 Å². The van der Waals surface area contributed by atoms with Crippen LogP contribution in [0.25, 0.3) is 0 Å². The predicted octanol–water partition coefficient (Wildman–Crippen LogP) is 6.81. The van der Waals surface area contributed by atoms with Gasteiger partial charge in [0, 0.05) is 59.6 Å². The number of Topliss-reactive ketones (excluding diaryl/α,β-unsaturated/α-hetero) is 1. The number of hydrogen-bond acceptors (Lipinski definition) is 16. The molecule has 1 spiro atoms. The third kappa shape index (κ3) is 10.6. The van der Waals surface area contributed by atoms with Crippen molar-refractivity contribution in [3.05, 3.63) is 161 Å². The topological polar surface area (TPSA) is 328 Å². The van der Waals surface area contributed by atoms with Crippen LogP contribution in [0.1, 0.15) is 89.5 Å². The molecule has 1 unspecified atom stereocenters. The van der Waals surface area contributed by atoms with E-state index in [9.17, 15) is 57.4 Å². The number of fused-ring (bicyclic) bond motifs is 6. The van der Waals surface area contributed by atoms with E-state index in [-0.39, 0.29) is 61.6 Å². The minimum absolute atomic E-state index is 0.000439. The third-order valence-corrected chi connectivity index (χ3v) is 11.6. The molecule has 26 heteroatoms. The predicted molar refractivity (Wildman–Crippen MR) is 240 cm³/mol. The molecule has 5 aromatic rings. The quantitative estimate of drug-likeness (QED) is 0.0169. The van der Waals surface area contributed by atoms with Gasteiger partial charge in [0.25, 0.3) is 33.3 Å². The molecule has 0 aromatic heterocycles. The molecule has 0 aliphatic carbocycles. The van der Waals surface area contributed by atoms with Crippen LogP contribution in [0.5, 0.6) is 11.5 Å². The van der Waals surface area contributed by atoms with Gasteiger partial charge in [-0.1, -0.05) is 19.1 Å². The Labute approximate surface area is 398 Å². The molecule has 0 bridgehead atoms. The van der Waals surface area contributed by atoms with Crippen LogP contribution in [-0.4, -0.2) is 77.4 Å². The highest BCUT2D eigenvalue weighted by atomic mass is 32.2. The Kier molecular flexibility index (Phi) is 14.1. The zero-order chi connectivity index (χ0) is 51.5. The molecule has 5 N–H and O–H groups in total. The summed E-state index contributed by atoms with van der Waals surface area (Å²) >= 11 is 0. The fourth-order valence-electron chi connectivity index (χ4n) is 7.53. The number of halogens is 2. The van der Waals surface area contributed by atoms with Crippen molar-refractivity contribution in [2.45, 2.75) is 39.1 Å². The first kappa shape index (κ1) is 50.0. The Bertz CT molecular complexity index is 3240. The van der Waals surface area contributed by atoms with Crippen molar-refractivity contribution < 1.29 is 79.3 Å². The second-order valence-electron chi connectivity index (χ2n) is 15.5. The SMILES string of the molecule is CCCNC(=O)c1ccc([N+](=O)[O-])c(COC(=O)Nc2cc3c(cc2F)C2(OC(=O)c4cc(C(C)=O)ccc42)c2cc(F)c(NC(=O)OCc4cc(C(=O)NCCS(=O)(=O)O)ccc4[N+](=O)[O-])cc2O3)c1. The fraction of sp³-hybridized carbons (Fsp3) is 0.200. The lowest BCUT2D eigenvalue weighted by Crippen LogP contribution is -2.33. The van der Waals surface area contributed by atoms with E-state index in [0.717, 1.165) is 54.6 Å². The Hall–Kier alpha value is -8.91. The van der Waals surface area contributed by atoms with Gasteiger partial charge in [0.1, 0.15) is 36.3 Å². The Morgan fingerprint density at radius 3 is 1.63 bits per heavy atom. The van der Waals surface area contributed by atoms with Crippen LogP contribution in [-0.2, 0) is 43.1 Å². The van der Waals surface area contributed by atoms with E-state index in [1.807, 2.05) is 6.92 Å². The van der Waals surface area contributed by atoms with Crippen LogP contribution in [0.15, 0.2) is 78.9 Å². The average molecular weight is 1000 g/mol. The lowest BCUT2D eigenvalue weighted by atomic mass is 9.77. The monoisotopic (exact) mass is 1000 g/mol. The van der Waals surface area contributed by atoms with Crippen molar-refractivity contribution in [2.75, 3.05) is 29.5 Å². The number of esters is 1. The van der Waals surface area contributed by atoms with E-state index in [0.29, 0.717) is 13.0 Å². The van der Waals surface area contributed by atoms with Gasteiger partial charge in [0.2, 0.25) is 0 Å². The summed E-state index contributed by atoms with van der Waals surface area (Å²) < 4.78 is 85.8. The molecule has 7 rings (SSSR count). The molecule has 368 valence electrons. The molecule has 23 nitrogen and oxygen atoms in total. The second kappa shape index (κ2) is 20.0. The van der Waals surface area contributed by atoms with Gasteiger partial charge in [0.15, 0.2) is 11.4 Å². The van der Waals surface area contributed by atoms with Crippen molar-refractivity contribution >= 4 is 68.6 Å². The van der Waals surface area contributed by atoms with E-state index in [4.69, 9.17) is 23.5 Å². The molecule has 0 fully saturated rings. The standard InChI is InChI=1S/C45H36F2N6O17S/c1-3-10-48-40(55)24-5-8-36(52(60)61)26(13-24)20-67-43(58)50-34-18-38-30(16-32(34)46)45(29-7-4-23(22(2)54)15-28(29)42(57)70-45)31-17-33(47)35(19-39(31)69-38)51-44(59)68-21-27-14-25(6-9-37(27)53(62)63)41(56)49-11-12-71(64,65)66/h4-9,13-19H,3,10-12,20-21H2,1-2H3,(H,48,55)(H,49,56)(H,50,58)(H,51,59)(H,64,65,66). The minimum atomic E-state index is -4.43. The highest BCUT2D eigenvalue weighted by Gasteiger charge is 2.54. The smallest absolute Gasteiger partial charge is 0.412 e. The summed E-state index contributed by atoms with van der Waals surface area (Å²) in [6, 6.07) is 13.8. The van der Waals surface area contributed by atoms with E-state index in [1.165, 1.54) is 31.2 Å². The summed E-state index contributed by atoms with van der Waals surface area (Å²) in [5, 5.41) is 32.6. The third-order valence-electron chi connectivity index (χ3n) is 10.8. The maximum Gasteiger partial charge on any atom is 0.412 e. The van der Waals surface area contributed by atoms with Crippen LogP contribution in [0, 0.1) is 31.9 Å². The molecule has 1 atom stereocenters. The van der Waals surface area contributed by atoms with Crippen LogP contribution in [0.2, 0.25) is 0 Å². The van der Waals surface area contributed by atoms with Crippen LogP contribution >= 0.6 is 0 Å². The zero-order valence-corrected chi connectivity index (χ0v) is 37.6. The summed E-state index contributed by atoms with van der Waals surface area (Å²) in [5.41, 5.74) is -5.80. The van der Waals surface area contributed by atoms with Crippen molar-refractivity contribution in [1.29, 1.82) is 0 Å². The largest absolute Gasteiger partial charge is 0.456 e. The maximum absolute atomic E-state index is 16.2. The molecular formula is C45H36F2N6O17S. The number of nitrogens with zero attached hydrogens (tertiary/aromatic N) is 2. The van der Waals surface area contributed by atoms with E-state index in [1.54, 1.807) is 0 Å². The lowest BCUT2D eigenvalue weighted by Gasteiger charge is -2.37. The van der Waals surface area contributed by atoms with E-state index < -0.39 is 121 Å². The van der Waals surface area contributed by atoms with Gasteiger partial charge in [0.05, 0.1) is 54.8 Å². The van der Waals surface area contributed by atoms with Crippen molar-refractivity contribution in [2.24, 2.45) is 0 Å². The average Bonchev–Trinajstić information content (AvgIpc) is 3.61. The number of ether oxygens (including phenoxy) is 4. The number of nitrogens with one attached hydrogen (secondary N) is 4. The molecule has 5 aromatic carbocycles.